The molecule has 2 rings (SSSR count). The van der Waals surface area contributed by atoms with Crippen molar-refractivity contribution in [3.8, 4) is 5.75 Å². The maximum Gasteiger partial charge on any atom is 0.214 e. The fourth-order valence-corrected chi connectivity index (χ4v) is 2.15. The first kappa shape index (κ1) is 14.4. The lowest BCUT2D eigenvalue weighted by atomic mass is 10.0. The predicted octanol–water partition coefficient (Wildman–Crippen LogP) is -0.615. The highest BCUT2D eigenvalue weighted by Gasteiger charge is 2.43. The van der Waals surface area contributed by atoms with E-state index >= 15 is 0 Å². The molecule has 1 aromatic rings. The molecule has 19 heavy (non-hydrogen) atoms. The van der Waals surface area contributed by atoms with Gasteiger partial charge in [0.15, 0.2) is 0 Å². The fourth-order valence-electron chi connectivity index (χ4n) is 1.85. The third-order valence-electron chi connectivity index (χ3n) is 2.98. The Morgan fingerprint density at radius 1 is 1.21 bits per heavy atom. The van der Waals surface area contributed by atoms with E-state index in [1.54, 1.807) is 24.3 Å². The first-order valence-electron chi connectivity index (χ1n) is 5.85. The number of anilines is 1. The first-order chi connectivity index (χ1) is 9.02. The van der Waals surface area contributed by atoms with Crippen LogP contribution in [0.5, 0.6) is 5.75 Å². The number of hydrogen-bond acceptors (Lipinski definition) is 7. The van der Waals surface area contributed by atoms with Gasteiger partial charge in [-0.05, 0) is 24.3 Å². The van der Waals surface area contributed by atoms with E-state index in [0.717, 1.165) is 0 Å². The lowest BCUT2D eigenvalue weighted by Gasteiger charge is -2.40. The number of aliphatic hydroxyl groups excluding tert-OH is 3. The molecule has 1 saturated heterocycles. The van der Waals surface area contributed by atoms with Gasteiger partial charge in [0.05, 0.1) is 11.9 Å². The second-order valence-corrected chi connectivity index (χ2v) is 4.98. The van der Waals surface area contributed by atoms with Gasteiger partial charge in [-0.15, -0.1) is 0 Å². The van der Waals surface area contributed by atoms with E-state index in [9.17, 15) is 10.2 Å². The molecule has 6 nitrogen and oxygen atoms in total. The minimum Gasteiger partial charge on any atom is -0.464 e. The molecule has 0 aliphatic carbocycles. The molecule has 1 aromatic carbocycles. The Kier molecular flexibility index (Phi) is 4.54. The molecule has 106 valence electrons. The van der Waals surface area contributed by atoms with Crippen LogP contribution in [0.4, 0.5) is 5.69 Å². The molecule has 0 aromatic heterocycles. The predicted molar refractivity (Wildman–Crippen MR) is 72.0 cm³/mol. The van der Waals surface area contributed by atoms with E-state index in [-0.39, 0.29) is 0 Å². The maximum atomic E-state index is 9.82. The maximum absolute atomic E-state index is 9.82. The fraction of sp³-hybridized carbons (Fsp3) is 0.500. The molecular weight excluding hydrogens is 270 g/mol. The number of nitrogen functional groups attached to an aromatic ring is 1. The van der Waals surface area contributed by atoms with Crippen molar-refractivity contribution in [1.29, 1.82) is 0 Å². The van der Waals surface area contributed by atoms with Crippen molar-refractivity contribution >= 4 is 18.3 Å². The highest BCUT2D eigenvalue weighted by molar-refractivity contribution is 7.81. The van der Waals surface area contributed by atoms with Crippen molar-refractivity contribution in [3.63, 3.8) is 0 Å². The lowest BCUT2D eigenvalue weighted by molar-refractivity contribution is -0.225. The average molecular weight is 287 g/mol. The highest BCUT2D eigenvalue weighted by atomic mass is 32.1. The molecule has 1 fully saturated rings. The minimum atomic E-state index is -1.20. The molecule has 0 amide bonds. The van der Waals surface area contributed by atoms with Crippen LogP contribution in [0.2, 0.25) is 0 Å². The van der Waals surface area contributed by atoms with Gasteiger partial charge in [-0.1, -0.05) is 0 Å². The molecule has 0 saturated carbocycles. The number of benzene rings is 1. The van der Waals surface area contributed by atoms with Crippen molar-refractivity contribution in [2.75, 3.05) is 12.3 Å². The van der Waals surface area contributed by atoms with Crippen molar-refractivity contribution in [2.24, 2.45) is 0 Å². The zero-order valence-corrected chi connectivity index (χ0v) is 11.0. The lowest BCUT2D eigenvalue weighted by Crippen LogP contribution is -2.58. The van der Waals surface area contributed by atoms with Gasteiger partial charge in [-0.3, -0.25) is 0 Å². The van der Waals surface area contributed by atoms with Crippen molar-refractivity contribution in [3.05, 3.63) is 24.3 Å². The second kappa shape index (κ2) is 5.98. The second-order valence-electron chi connectivity index (χ2n) is 4.38. The molecule has 1 heterocycles. The topological polar surface area (TPSA) is 105 Å². The zero-order valence-electron chi connectivity index (χ0n) is 10.1. The summed E-state index contributed by atoms with van der Waals surface area (Å²) < 4.78 is 10.9. The summed E-state index contributed by atoms with van der Waals surface area (Å²) >= 11 is 4.17. The Labute approximate surface area is 116 Å². The molecule has 0 spiro atoms. The van der Waals surface area contributed by atoms with Crippen LogP contribution in [-0.4, -0.2) is 51.8 Å². The number of thiol groups is 1. The molecule has 1 unspecified atom stereocenters. The quantitative estimate of drug-likeness (QED) is 0.375. The third kappa shape index (κ3) is 3.13. The summed E-state index contributed by atoms with van der Waals surface area (Å²) in [5.74, 6) is 0.499. The van der Waals surface area contributed by atoms with Crippen molar-refractivity contribution < 1.29 is 24.8 Å². The van der Waals surface area contributed by atoms with Crippen LogP contribution in [0.15, 0.2) is 24.3 Å². The van der Waals surface area contributed by atoms with Gasteiger partial charge in [0.2, 0.25) is 6.29 Å². The van der Waals surface area contributed by atoms with Crippen molar-refractivity contribution in [2.45, 2.75) is 29.9 Å². The Hall–Kier alpha value is -0.990. The average Bonchev–Trinajstić information content (AvgIpc) is 2.42. The van der Waals surface area contributed by atoms with E-state index < -0.39 is 36.5 Å². The number of ether oxygens (including phenoxy) is 2. The van der Waals surface area contributed by atoms with Gasteiger partial charge in [-0.25, -0.2) is 0 Å². The van der Waals surface area contributed by atoms with Crippen LogP contribution in [0.1, 0.15) is 0 Å². The molecule has 5 atom stereocenters. The summed E-state index contributed by atoms with van der Waals surface area (Å²) in [4.78, 5) is 0. The van der Waals surface area contributed by atoms with Gasteiger partial charge in [0.1, 0.15) is 24.1 Å². The van der Waals surface area contributed by atoms with E-state index in [1.807, 2.05) is 0 Å². The monoisotopic (exact) mass is 287 g/mol. The number of hydrogen-bond donors (Lipinski definition) is 5. The summed E-state index contributed by atoms with van der Waals surface area (Å²) in [6, 6.07) is 6.65. The molecule has 0 bridgehead atoms. The van der Waals surface area contributed by atoms with Crippen LogP contribution >= 0.6 is 12.6 Å². The Morgan fingerprint density at radius 3 is 2.42 bits per heavy atom. The van der Waals surface area contributed by atoms with E-state index in [4.69, 9.17) is 20.3 Å². The van der Waals surface area contributed by atoms with Crippen LogP contribution < -0.4 is 10.5 Å². The number of nitrogens with two attached hydrogens (primary N) is 1. The molecule has 0 radical (unpaired) electrons. The molecule has 1 aliphatic rings. The SMILES string of the molecule is Nc1ccc(OC2O[C@H](CO)[C@H](O)[C@H](O)[C@H]2S)cc1. The summed E-state index contributed by atoms with van der Waals surface area (Å²) in [5, 5.41) is 27.9. The van der Waals surface area contributed by atoms with Gasteiger partial charge in [-0.2, -0.15) is 12.6 Å². The number of aliphatic hydroxyl groups is 3. The van der Waals surface area contributed by atoms with E-state index in [1.165, 1.54) is 0 Å². The van der Waals surface area contributed by atoms with Gasteiger partial charge >= 0.3 is 0 Å². The van der Waals surface area contributed by atoms with Crippen molar-refractivity contribution in [1.82, 2.24) is 0 Å². The molecule has 5 N–H and O–H groups in total. The highest BCUT2D eigenvalue weighted by Crippen LogP contribution is 2.27. The summed E-state index contributed by atoms with van der Waals surface area (Å²) in [5.41, 5.74) is 6.16. The number of rotatable bonds is 3. The van der Waals surface area contributed by atoms with Crippen LogP contribution in [0, 0.1) is 0 Å². The minimum absolute atomic E-state index is 0.416. The summed E-state index contributed by atoms with van der Waals surface area (Å²) in [7, 11) is 0. The normalized spacial score (nSPS) is 35.1. The van der Waals surface area contributed by atoms with Crippen LogP contribution in [-0.2, 0) is 4.74 Å². The van der Waals surface area contributed by atoms with E-state index in [2.05, 4.69) is 12.6 Å². The third-order valence-corrected chi connectivity index (χ3v) is 3.53. The van der Waals surface area contributed by atoms with Crippen LogP contribution in [0.25, 0.3) is 0 Å². The van der Waals surface area contributed by atoms with Gasteiger partial charge < -0.3 is 30.5 Å². The molecule has 7 heteroatoms. The summed E-state index contributed by atoms with van der Waals surface area (Å²) in [6.07, 6.45) is -4.12. The smallest absolute Gasteiger partial charge is 0.214 e. The zero-order chi connectivity index (χ0) is 14.0. The Bertz CT molecular complexity index is 413. The Morgan fingerprint density at radius 2 is 1.84 bits per heavy atom. The summed E-state index contributed by atoms with van der Waals surface area (Å²) in [6.45, 7) is -0.416. The largest absolute Gasteiger partial charge is 0.464 e. The van der Waals surface area contributed by atoms with E-state index in [0.29, 0.717) is 11.4 Å². The molecular formula is C12H17NO5S. The standard InChI is InChI=1S/C12H17NO5S/c13-6-1-3-7(4-2-6)17-12-11(19)10(16)9(15)8(5-14)18-12/h1-4,8-12,14-16,19H,5,13H2/t8-,9+,10+,11-,12?/m1/s1. The first-order valence-corrected chi connectivity index (χ1v) is 6.37. The van der Waals surface area contributed by atoms with Crippen LogP contribution in [0.3, 0.4) is 0 Å². The van der Waals surface area contributed by atoms with Gasteiger partial charge in [0.25, 0.3) is 0 Å². The molecule has 1 aliphatic heterocycles. The van der Waals surface area contributed by atoms with Gasteiger partial charge in [0, 0.05) is 5.69 Å². The Balaban J connectivity index is 2.08.